The largest absolute Gasteiger partial charge is 0.396 e. The molecule has 1 aromatic rings. The van der Waals surface area contributed by atoms with E-state index in [1.165, 1.54) is 29.7 Å². The first kappa shape index (κ1) is 12.1. The Labute approximate surface area is 102 Å². The van der Waals surface area contributed by atoms with Gasteiger partial charge in [-0.2, -0.15) is 0 Å². The Hall–Kier alpha value is -0.380. The van der Waals surface area contributed by atoms with Crippen LogP contribution in [0.15, 0.2) is 11.4 Å². The number of thiophene rings is 1. The third-order valence-electron chi connectivity index (χ3n) is 3.65. The average molecular weight is 239 g/mol. The van der Waals surface area contributed by atoms with E-state index in [1.807, 2.05) is 11.3 Å². The lowest BCUT2D eigenvalue weighted by atomic mass is 10.0. The monoisotopic (exact) mass is 239 g/mol. The second-order valence-corrected chi connectivity index (χ2v) is 5.78. The Balaban J connectivity index is 1.97. The van der Waals surface area contributed by atoms with Crippen LogP contribution in [-0.4, -0.2) is 17.8 Å². The lowest BCUT2D eigenvalue weighted by Crippen LogP contribution is -2.35. The minimum Gasteiger partial charge on any atom is -0.396 e. The molecule has 0 unspecified atom stereocenters. The predicted molar refractivity (Wildman–Crippen MR) is 68.8 cm³/mol. The van der Waals surface area contributed by atoms with Crippen molar-refractivity contribution in [1.82, 2.24) is 5.32 Å². The summed E-state index contributed by atoms with van der Waals surface area (Å²) < 4.78 is 0. The molecule has 2 rings (SSSR count). The van der Waals surface area contributed by atoms with Gasteiger partial charge in [-0.1, -0.05) is 6.42 Å². The molecule has 2 nitrogen and oxygen atoms in total. The van der Waals surface area contributed by atoms with E-state index in [2.05, 4.69) is 30.6 Å². The van der Waals surface area contributed by atoms with E-state index in [0.29, 0.717) is 24.6 Å². The van der Waals surface area contributed by atoms with Crippen LogP contribution in [0.25, 0.3) is 0 Å². The van der Waals surface area contributed by atoms with Crippen LogP contribution in [-0.2, 0) is 0 Å². The van der Waals surface area contributed by atoms with Crippen molar-refractivity contribution in [3.05, 3.63) is 21.9 Å². The summed E-state index contributed by atoms with van der Waals surface area (Å²) in [6, 6.07) is 3.09. The molecule has 3 heteroatoms. The molecule has 0 bridgehead atoms. The van der Waals surface area contributed by atoms with Crippen molar-refractivity contribution in [2.75, 3.05) is 6.61 Å². The molecule has 0 saturated heterocycles. The van der Waals surface area contributed by atoms with E-state index in [1.54, 1.807) is 0 Å². The number of hydrogen-bond acceptors (Lipinski definition) is 3. The van der Waals surface area contributed by atoms with Crippen molar-refractivity contribution < 1.29 is 5.11 Å². The van der Waals surface area contributed by atoms with Gasteiger partial charge in [0.2, 0.25) is 0 Å². The van der Waals surface area contributed by atoms with Crippen LogP contribution < -0.4 is 5.32 Å². The summed E-state index contributed by atoms with van der Waals surface area (Å²) in [7, 11) is 0. The van der Waals surface area contributed by atoms with Gasteiger partial charge in [-0.25, -0.2) is 0 Å². The van der Waals surface area contributed by atoms with E-state index in [4.69, 9.17) is 0 Å². The number of rotatable bonds is 4. The molecule has 1 aliphatic carbocycles. The molecule has 16 heavy (non-hydrogen) atoms. The maximum atomic E-state index is 9.30. The normalized spacial score (nSPS) is 27.2. The summed E-state index contributed by atoms with van der Waals surface area (Å²) in [4.78, 5) is 1.43. The molecule has 1 fully saturated rings. The van der Waals surface area contributed by atoms with E-state index in [-0.39, 0.29) is 0 Å². The molecule has 0 aromatic carbocycles. The highest BCUT2D eigenvalue weighted by molar-refractivity contribution is 7.10. The van der Waals surface area contributed by atoms with E-state index < -0.39 is 0 Å². The third kappa shape index (κ3) is 2.47. The third-order valence-corrected chi connectivity index (χ3v) is 4.85. The Morgan fingerprint density at radius 2 is 2.38 bits per heavy atom. The van der Waals surface area contributed by atoms with Gasteiger partial charge >= 0.3 is 0 Å². The Bertz CT molecular complexity index is 336. The van der Waals surface area contributed by atoms with Gasteiger partial charge in [0, 0.05) is 23.6 Å². The van der Waals surface area contributed by atoms with Gasteiger partial charge in [0.05, 0.1) is 0 Å². The minimum absolute atomic E-state index is 0.327. The Kier molecular flexibility index (Phi) is 4.00. The number of aliphatic hydroxyl groups is 1. The van der Waals surface area contributed by atoms with Crippen LogP contribution in [0.4, 0.5) is 0 Å². The number of aliphatic hydroxyl groups excluding tert-OH is 1. The maximum absolute atomic E-state index is 9.30. The molecular formula is C13H21NOS. The molecule has 90 valence electrons. The molecule has 0 radical (unpaired) electrons. The standard InChI is InChI=1S/C13H21NOS/c1-9-6-7-16-13(9)10(2)14-12-5-3-4-11(12)8-15/h6-7,10-12,14-15H,3-5,8H2,1-2H3/t10-,11-,12-/m0/s1. The highest BCUT2D eigenvalue weighted by Gasteiger charge is 2.28. The molecule has 0 aliphatic heterocycles. The molecule has 2 N–H and O–H groups in total. The van der Waals surface area contributed by atoms with Gasteiger partial charge in [-0.15, -0.1) is 11.3 Å². The van der Waals surface area contributed by atoms with Gasteiger partial charge in [0.1, 0.15) is 0 Å². The Morgan fingerprint density at radius 3 is 3.00 bits per heavy atom. The van der Waals surface area contributed by atoms with Gasteiger partial charge in [0.25, 0.3) is 0 Å². The van der Waals surface area contributed by atoms with Crippen LogP contribution in [0.5, 0.6) is 0 Å². The summed E-state index contributed by atoms with van der Waals surface area (Å²) in [5, 5.41) is 15.1. The first-order chi connectivity index (χ1) is 7.72. The fourth-order valence-corrected chi connectivity index (χ4v) is 3.64. The minimum atomic E-state index is 0.327. The summed E-state index contributed by atoms with van der Waals surface area (Å²) >= 11 is 1.82. The molecular weight excluding hydrogens is 218 g/mol. The van der Waals surface area contributed by atoms with Crippen molar-refractivity contribution in [1.29, 1.82) is 0 Å². The second-order valence-electron chi connectivity index (χ2n) is 4.84. The zero-order chi connectivity index (χ0) is 11.5. The van der Waals surface area contributed by atoms with E-state index in [9.17, 15) is 5.11 Å². The van der Waals surface area contributed by atoms with Gasteiger partial charge in [-0.3, -0.25) is 0 Å². The molecule has 1 heterocycles. The van der Waals surface area contributed by atoms with Gasteiger partial charge < -0.3 is 10.4 Å². The highest BCUT2D eigenvalue weighted by Crippen LogP contribution is 2.29. The molecule has 0 spiro atoms. The summed E-state index contributed by atoms with van der Waals surface area (Å²) in [6.07, 6.45) is 3.63. The van der Waals surface area contributed by atoms with Crippen LogP contribution in [0.1, 0.15) is 42.7 Å². The lowest BCUT2D eigenvalue weighted by Gasteiger charge is -2.23. The first-order valence-corrected chi connectivity index (χ1v) is 7.01. The van der Waals surface area contributed by atoms with Crippen LogP contribution >= 0.6 is 11.3 Å². The highest BCUT2D eigenvalue weighted by atomic mass is 32.1. The number of hydrogen-bond donors (Lipinski definition) is 2. The average Bonchev–Trinajstić information content (AvgIpc) is 2.86. The van der Waals surface area contributed by atoms with Crippen molar-refractivity contribution in [2.45, 2.75) is 45.2 Å². The van der Waals surface area contributed by atoms with E-state index in [0.717, 1.165) is 0 Å². The van der Waals surface area contributed by atoms with Crippen molar-refractivity contribution in [3.8, 4) is 0 Å². The summed E-state index contributed by atoms with van der Waals surface area (Å²) in [5.74, 6) is 0.461. The summed E-state index contributed by atoms with van der Waals surface area (Å²) in [5.41, 5.74) is 1.38. The summed E-state index contributed by atoms with van der Waals surface area (Å²) in [6.45, 7) is 4.72. The molecule has 3 atom stereocenters. The molecule has 1 aromatic heterocycles. The predicted octanol–water partition coefficient (Wildman–Crippen LogP) is 2.87. The fourth-order valence-electron chi connectivity index (χ4n) is 2.70. The molecule has 1 saturated carbocycles. The maximum Gasteiger partial charge on any atom is 0.0474 e. The van der Waals surface area contributed by atoms with E-state index >= 15 is 0 Å². The van der Waals surface area contributed by atoms with Crippen molar-refractivity contribution in [2.24, 2.45) is 5.92 Å². The molecule has 0 amide bonds. The smallest absolute Gasteiger partial charge is 0.0474 e. The quantitative estimate of drug-likeness (QED) is 0.847. The lowest BCUT2D eigenvalue weighted by molar-refractivity contribution is 0.201. The van der Waals surface area contributed by atoms with Crippen LogP contribution in [0, 0.1) is 12.8 Å². The first-order valence-electron chi connectivity index (χ1n) is 6.13. The Morgan fingerprint density at radius 1 is 1.56 bits per heavy atom. The fraction of sp³-hybridized carbons (Fsp3) is 0.692. The number of nitrogens with one attached hydrogen (secondary N) is 1. The SMILES string of the molecule is Cc1ccsc1[C@H](C)N[C@H]1CCC[C@H]1CO. The van der Waals surface area contributed by atoms with Crippen molar-refractivity contribution in [3.63, 3.8) is 0 Å². The van der Waals surface area contributed by atoms with Crippen LogP contribution in [0.3, 0.4) is 0 Å². The number of aryl methyl sites for hydroxylation is 1. The van der Waals surface area contributed by atoms with Gasteiger partial charge in [0.15, 0.2) is 0 Å². The van der Waals surface area contributed by atoms with Crippen LogP contribution in [0.2, 0.25) is 0 Å². The van der Waals surface area contributed by atoms with Gasteiger partial charge in [-0.05, 0) is 49.6 Å². The second kappa shape index (κ2) is 5.30. The molecule has 1 aliphatic rings. The topological polar surface area (TPSA) is 32.3 Å². The zero-order valence-electron chi connectivity index (χ0n) is 10.1. The zero-order valence-corrected chi connectivity index (χ0v) is 10.9. The van der Waals surface area contributed by atoms with Crippen molar-refractivity contribution >= 4 is 11.3 Å².